The van der Waals surface area contributed by atoms with E-state index in [4.69, 9.17) is 32.9 Å². The molecule has 164 valence electrons. The van der Waals surface area contributed by atoms with E-state index in [1.54, 1.807) is 36.4 Å². The third kappa shape index (κ3) is 5.33. The van der Waals surface area contributed by atoms with E-state index >= 15 is 0 Å². The molecule has 0 saturated heterocycles. The molecule has 8 heteroatoms. The van der Waals surface area contributed by atoms with Crippen molar-refractivity contribution in [3.05, 3.63) is 94.7 Å². The van der Waals surface area contributed by atoms with Gasteiger partial charge in [-0.3, -0.25) is 4.57 Å². The van der Waals surface area contributed by atoms with Crippen molar-refractivity contribution in [1.29, 1.82) is 0 Å². The van der Waals surface area contributed by atoms with Gasteiger partial charge in [0, 0.05) is 40.2 Å². The minimum absolute atomic E-state index is 0.269. The van der Waals surface area contributed by atoms with E-state index in [1.165, 1.54) is 6.26 Å². The van der Waals surface area contributed by atoms with Crippen LogP contribution in [0.15, 0.2) is 83.9 Å². The van der Waals surface area contributed by atoms with Crippen LogP contribution in [0.1, 0.15) is 5.69 Å². The summed E-state index contributed by atoms with van der Waals surface area (Å²) in [5.41, 5.74) is 2.54. The van der Waals surface area contributed by atoms with Crippen molar-refractivity contribution in [2.75, 3.05) is 12.9 Å². The molecule has 4 rings (SSSR count). The summed E-state index contributed by atoms with van der Waals surface area (Å²) >= 11 is 12.0. The summed E-state index contributed by atoms with van der Waals surface area (Å²) < 4.78 is 31.4. The fraction of sp³-hybridized carbons (Fsp3) is 0.125. The van der Waals surface area contributed by atoms with Crippen LogP contribution in [-0.4, -0.2) is 30.8 Å². The Labute approximate surface area is 197 Å². The molecule has 0 bridgehead atoms. The number of hydrogen-bond donors (Lipinski definition) is 0. The second-order valence-electron chi connectivity index (χ2n) is 7.25. The lowest BCUT2D eigenvalue weighted by atomic mass is 10.2. The molecule has 0 atom stereocenters. The van der Waals surface area contributed by atoms with Crippen LogP contribution < -0.4 is 4.74 Å². The monoisotopic (exact) mass is 486 g/mol. The van der Waals surface area contributed by atoms with Gasteiger partial charge in [-0.1, -0.05) is 23.2 Å². The molecule has 0 aliphatic rings. The average molecular weight is 487 g/mol. The normalized spacial score (nSPS) is 11.5. The second-order valence-corrected chi connectivity index (χ2v) is 10.1. The molecule has 0 spiro atoms. The zero-order valence-electron chi connectivity index (χ0n) is 17.2. The molecule has 0 N–H and O–H groups in total. The minimum atomic E-state index is -3.27. The van der Waals surface area contributed by atoms with Crippen LogP contribution >= 0.6 is 23.2 Å². The highest BCUT2D eigenvalue weighted by molar-refractivity contribution is 7.90. The summed E-state index contributed by atoms with van der Waals surface area (Å²) in [7, 11) is -3.27. The standard InChI is InChI=1S/C24H20Cl2N2O3S/c1-32(29,30)23-12-8-21(9-13-23)28-16-20(14-15-31-22-10-6-19(26)7-11-22)27-24(28)17-2-4-18(25)5-3-17/h2-13,16H,14-15H2,1H3. The summed E-state index contributed by atoms with van der Waals surface area (Å²) in [5.74, 6) is 1.47. The number of sulfone groups is 1. The fourth-order valence-electron chi connectivity index (χ4n) is 3.21. The van der Waals surface area contributed by atoms with Crippen LogP contribution in [0.4, 0.5) is 0 Å². The van der Waals surface area contributed by atoms with Crippen LogP contribution in [0, 0.1) is 0 Å². The first-order chi connectivity index (χ1) is 15.3. The molecule has 32 heavy (non-hydrogen) atoms. The minimum Gasteiger partial charge on any atom is -0.493 e. The predicted octanol–water partition coefficient (Wildman–Crippen LogP) is 5.87. The maximum absolute atomic E-state index is 11.8. The molecule has 0 saturated carbocycles. The Balaban J connectivity index is 1.62. The Hall–Kier alpha value is -2.80. The van der Waals surface area contributed by atoms with Crippen molar-refractivity contribution in [2.45, 2.75) is 11.3 Å². The highest BCUT2D eigenvalue weighted by Gasteiger charge is 2.14. The number of aromatic nitrogens is 2. The first-order valence-electron chi connectivity index (χ1n) is 9.83. The highest BCUT2D eigenvalue weighted by Crippen LogP contribution is 2.26. The summed E-state index contributed by atoms with van der Waals surface area (Å²) in [6.07, 6.45) is 3.72. The third-order valence-electron chi connectivity index (χ3n) is 4.84. The fourth-order valence-corrected chi connectivity index (χ4v) is 4.09. The Kier molecular flexibility index (Phi) is 6.55. The van der Waals surface area contributed by atoms with Crippen LogP contribution in [-0.2, 0) is 16.3 Å². The van der Waals surface area contributed by atoms with Gasteiger partial charge < -0.3 is 4.74 Å². The second kappa shape index (κ2) is 9.36. The molecule has 4 aromatic rings. The molecule has 0 aliphatic carbocycles. The zero-order chi connectivity index (χ0) is 22.7. The van der Waals surface area contributed by atoms with Crippen molar-refractivity contribution in [2.24, 2.45) is 0 Å². The first-order valence-corrected chi connectivity index (χ1v) is 12.5. The Bertz CT molecular complexity index is 1320. The lowest BCUT2D eigenvalue weighted by Crippen LogP contribution is -2.01. The lowest BCUT2D eigenvalue weighted by molar-refractivity contribution is 0.320. The topological polar surface area (TPSA) is 61.2 Å². The number of ether oxygens (including phenoxy) is 1. The van der Waals surface area contributed by atoms with Crippen molar-refractivity contribution in [3.63, 3.8) is 0 Å². The number of rotatable bonds is 7. The molecule has 1 heterocycles. The smallest absolute Gasteiger partial charge is 0.175 e. The number of benzene rings is 3. The van der Waals surface area contributed by atoms with Crippen LogP contribution in [0.3, 0.4) is 0 Å². The van der Waals surface area contributed by atoms with Crippen molar-refractivity contribution < 1.29 is 13.2 Å². The molecule has 1 aromatic heterocycles. The van der Waals surface area contributed by atoms with E-state index < -0.39 is 9.84 Å². The van der Waals surface area contributed by atoms with Gasteiger partial charge in [-0.15, -0.1) is 0 Å². The van der Waals surface area contributed by atoms with E-state index in [0.717, 1.165) is 28.5 Å². The number of imidazole rings is 1. The summed E-state index contributed by atoms with van der Waals surface area (Å²) in [5, 5.41) is 1.30. The lowest BCUT2D eigenvalue weighted by Gasteiger charge is -2.09. The van der Waals surface area contributed by atoms with Crippen molar-refractivity contribution >= 4 is 33.0 Å². The predicted molar refractivity (Wildman–Crippen MR) is 128 cm³/mol. The first kappa shape index (κ1) is 22.4. The molecule has 0 fully saturated rings. The van der Waals surface area contributed by atoms with Gasteiger partial charge in [-0.2, -0.15) is 0 Å². The van der Waals surface area contributed by atoms with Gasteiger partial charge in [-0.25, -0.2) is 13.4 Å². The maximum Gasteiger partial charge on any atom is 0.175 e. The van der Waals surface area contributed by atoms with E-state index in [9.17, 15) is 8.42 Å². The van der Waals surface area contributed by atoms with E-state index in [1.807, 2.05) is 47.2 Å². The van der Waals surface area contributed by atoms with Crippen molar-refractivity contribution in [3.8, 4) is 22.8 Å². The molecule has 0 unspecified atom stereocenters. The zero-order valence-corrected chi connectivity index (χ0v) is 19.5. The number of nitrogens with zero attached hydrogens (tertiary/aromatic N) is 2. The summed E-state index contributed by atoms with van der Waals surface area (Å²) in [4.78, 5) is 5.07. The average Bonchev–Trinajstić information content (AvgIpc) is 3.19. The Morgan fingerprint density at radius 1 is 0.875 bits per heavy atom. The largest absolute Gasteiger partial charge is 0.493 e. The quantitative estimate of drug-likeness (QED) is 0.327. The molecule has 0 amide bonds. The van der Waals surface area contributed by atoms with Crippen molar-refractivity contribution in [1.82, 2.24) is 9.55 Å². The van der Waals surface area contributed by atoms with E-state index in [0.29, 0.717) is 23.1 Å². The van der Waals surface area contributed by atoms with Gasteiger partial charge in [-0.05, 0) is 72.8 Å². The van der Waals surface area contributed by atoms with Gasteiger partial charge in [0.1, 0.15) is 11.6 Å². The van der Waals surface area contributed by atoms with Crippen LogP contribution in [0.25, 0.3) is 17.1 Å². The summed E-state index contributed by atoms with van der Waals surface area (Å²) in [6, 6.07) is 21.4. The summed E-state index contributed by atoms with van der Waals surface area (Å²) in [6.45, 7) is 0.450. The van der Waals surface area contributed by atoms with Gasteiger partial charge in [0.15, 0.2) is 9.84 Å². The molecule has 0 aliphatic heterocycles. The molecular formula is C24H20Cl2N2O3S. The molecule has 3 aromatic carbocycles. The highest BCUT2D eigenvalue weighted by atomic mass is 35.5. The molecular weight excluding hydrogens is 467 g/mol. The Morgan fingerprint density at radius 3 is 2.06 bits per heavy atom. The number of hydrogen-bond acceptors (Lipinski definition) is 4. The number of halogens is 2. The maximum atomic E-state index is 11.8. The van der Waals surface area contributed by atoms with Gasteiger partial charge in [0.2, 0.25) is 0 Å². The Morgan fingerprint density at radius 2 is 1.47 bits per heavy atom. The van der Waals surface area contributed by atoms with Gasteiger partial charge >= 0.3 is 0 Å². The van der Waals surface area contributed by atoms with E-state index in [2.05, 4.69) is 0 Å². The van der Waals surface area contributed by atoms with Gasteiger partial charge in [0.05, 0.1) is 17.2 Å². The SMILES string of the molecule is CS(=O)(=O)c1ccc(-n2cc(CCOc3ccc(Cl)cc3)nc2-c2ccc(Cl)cc2)cc1. The van der Waals surface area contributed by atoms with Gasteiger partial charge in [0.25, 0.3) is 0 Å². The molecule has 5 nitrogen and oxygen atoms in total. The van der Waals surface area contributed by atoms with E-state index in [-0.39, 0.29) is 4.90 Å². The third-order valence-corrected chi connectivity index (χ3v) is 6.47. The van der Waals surface area contributed by atoms with Crippen LogP contribution in [0.2, 0.25) is 10.0 Å². The molecule has 0 radical (unpaired) electrons. The van der Waals surface area contributed by atoms with Crippen LogP contribution in [0.5, 0.6) is 5.75 Å².